The van der Waals surface area contributed by atoms with Crippen molar-refractivity contribution in [2.45, 2.75) is 58.4 Å². The molecule has 0 aromatic carbocycles. The molecule has 1 saturated heterocycles. The van der Waals surface area contributed by atoms with Crippen molar-refractivity contribution < 1.29 is 48.0 Å². The molecular formula is C14H20O10. The SMILES string of the molecule is CC(=O)OCC1OC(O)[C@@H](OC(C)=O)[C@@H](OC(C)=O)[C@H]1OC(C)=O. The van der Waals surface area contributed by atoms with Crippen LogP contribution in [0.4, 0.5) is 0 Å². The lowest BCUT2D eigenvalue weighted by atomic mass is 9.98. The predicted octanol–water partition coefficient (Wildman–Crippen LogP) is -0.938. The van der Waals surface area contributed by atoms with Crippen molar-refractivity contribution in [1.82, 2.24) is 0 Å². The number of hydrogen-bond acceptors (Lipinski definition) is 10. The highest BCUT2D eigenvalue weighted by atomic mass is 16.7. The quantitative estimate of drug-likeness (QED) is 0.490. The minimum absolute atomic E-state index is 0.366. The Balaban J connectivity index is 3.11. The third-order valence-corrected chi connectivity index (χ3v) is 2.97. The van der Waals surface area contributed by atoms with Crippen LogP contribution in [0.25, 0.3) is 0 Å². The van der Waals surface area contributed by atoms with E-state index in [1.54, 1.807) is 0 Å². The summed E-state index contributed by atoms with van der Waals surface area (Å²) in [5, 5.41) is 10.0. The highest BCUT2D eigenvalue weighted by Gasteiger charge is 2.51. The number of esters is 4. The molecule has 0 saturated carbocycles. The van der Waals surface area contributed by atoms with Crippen molar-refractivity contribution in [2.24, 2.45) is 0 Å². The van der Waals surface area contributed by atoms with E-state index in [1.165, 1.54) is 0 Å². The standard InChI is InChI=1S/C14H20O10/c1-6(15)20-5-10-11(21-7(2)16)12(22-8(3)17)13(14(19)24-10)23-9(4)18/h10-14,19H,5H2,1-4H3/t10?,11-,12-,13-,14?/m0/s1. The van der Waals surface area contributed by atoms with Crippen molar-refractivity contribution >= 4 is 23.9 Å². The van der Waals surface area contributed by atoms with Gasteiger partial charge in [-0.1, -0.05) is 0 Å². The van der Waals surface area contributed by atoms with E-state index in [1.807, 2.05) is 0 Å². The summed E-state index contributed by atoms with van der Waals surface area (Å²) in [7, 11) is 0. The Hall–Kier alpha value is -2.20. The smallest absolute Gasteiger partial charge is 0.303 e. The van der Waals surface area contributed by atoms with Crippen molar-refractivity contribution in [3.05, 3.63) is 0 Å². The van der Waals surface area contributed by atoms with Crippen LogP contribution in [0, 0.1) is 0 Å². The van der Waals surface area contributed by atoms with Gasteiger partial charge in [-0.25, -0.2) is 0 Å². The topological polar surface area (TPSA) is 135 Å². The van der Waals surface area contributed by atoms with E-state index in [-0.39, 0.29) is 6.61 Å². The zero-order valence-corrected chi connectivity index (χ0v) is 13.7. The summed E-state index contributed by atoms with van der Waals surface area (Å²) in [5.74, 6) is -2.87. The van der Waals surface area contributed by atoms with Gasteiger partial charge in [0.05, 0.1) is 0 Å². The summed E-state index contributed by atoms with van der Waals surface area (Å²) < 4.78 is 25.0. The summed E-state index contributed by atoms with van der Waals surface area (Å²) in [6.45, 7) is 4.09. The number of aliphatic hydroxyl groups excluding tert-OH is 1. The Kier molecular flexibility index (Phi) is 7.11. The third-order valence-electron chi connectivity index (χ3n) is 2.97. The van der Waals surface area contributed by atoms with Crippen LogP contribution in [0.15, 0.2) is 0 Å². The third kappa shape index (κ3) is 5.78. The Morgan fingerprint density at radius 1 is 0.792 bits per heavy atom. The minimum Gasteiger partial charge on any atom is -0.463 e. The van der Waals surface area contributed by atoms with E-state index in [0.29, 0.717) is 0 Å². The van der Waals surface area contributed by atoms with Crippen LogP contribution in [-0.2, 0) is 42.9 Å². The Morgan fingerprint density at radius 2 is 1.25 bits per heavy atom. The summed E-state index contributed by atoms with van der Waals surface area (Å²) in [6, 6.07) is 0. The summed E-state index contributed by atoms with van der Waals surface area (Å²) in [4.78, 5) is 44.9. The van der Waals surface area contributed by atoms with Gasteiger partial charge in [-0.2, -0.15) is 0 Å². The van der Waals surface area contributed by atoms with Gasteiger partial charge in [0.15, 0.2) is 24.6 Å². The Bertz CT molecular complexity index is 502. The molecule has 1 N–H and O–H groups in total. The molecule has 5 atom stereocenters. The van der Waals surface area contributed by atoms with Gasteiger partial charge >= 0.3 is 23.9 Å². The van der Waals surface area contributed by atoms with Gasteiger partial charge < -0.3 is 28.8 Å². The number of rotatable bonds is 5. The first kappa shape index (κ1) is 19.8. The molecule has 0 spiro atoms. The van der Waals surface area contributed by atoms with E-state index >= 15 is 0 Å². The predicted molar refractivity (Wildman–Crippen MR) is 74.2 cm³/mol. The number of hydrogen-bond donors (Lipinski definition) is 1. The first-order valence-electron chi connectivity index (χ1n) is 7.10. The molecule has 0 bridgehead atoms. The van der Waals surface area contributed by atoms with Crippen LogP contribution < -0.4 is 0 Å². The second-order valence-corrected chi connectivity index (χ2v) is 5.09. The fourth-order valence-electron chi connectivity index (χ4n) is 2.21. The van der Waals surface area contributed by atoms with Gasteiger partial charge in [0.1, 0.15) is 12.7 Å². The highest BCUT2D eigenvalue weighted by molar-refractivity contribution is 5.68. The van der Waals surface area contributed by atoms with Crippen LogP contribution >= 0.6 is 0 Å². The highest BCUT2D eigenvalue weighted by Crippen LogP contribution is 2.28. The zero-order valence-electron chi connectivity index (χ0n) is 13.7. The molecule has 24 heavy (non-hydrogen) atoms. The maximum Gasteiger partial charge on any atom is 0.303 e. The monoisotopic (exact) mass is 348 g/mol. The normalized spacial score (nSPS) is 29.3. The fourth-order valence-corrected chi connectivity index (χ4v) is 2.21. The molecule has 136 valence electrons. The van der Waals surface area contributed by atoms with Crippen molar-refractivity contribution in [2.75, 3.05) is 6.61 Å². The van der Waals surface area contributed by atoms with E-state index in [2.05, 4.69) is 0 Å². The van der Waals surface area contributed by atoms with Gasteiger partial charge in [-0.3, -0.25) is 19.2 Å². The summed E-state index contributed by atoms with van der Waals surface area (Å²) in [6.07, 6.45) is -6.79. The summed E-state index contributed by atoms with van der Waals surface area (Å²) >= 11 is 0. The largest absolute Gasteiger partial charge is 0.463 e. The molecule has 0 aromatic rings. The number of ether oxygens (including phenoxy) is 5. The average Bonchev–Trinajstić information content (AvgIpc) is 2.42. The van der Waals surface area contributed by atoms with Gasteiger partial charge in [0.2, 0.25) is 0 Å². The lowest BCUT2D eigenvalue weighted by Gasteiger charge is -2.42. The van der Waals surface area contributed by atoms with Gasteiger partial charge in [0.25, 0.3) is 0 Å². The van der Waals surface area contributed by atoms with Crippen molar-refractivity contribution in [3.8, 4) is 0 Å². The van der Waals surface area contributed by atoms with Crippen LogP contribution in [-0.4, -0.2) is 66.3 Å². The van der Waals surface area contributed by atoms with Crippen LogP contribution in [0.3, 0.4) is 0 Å². The second kappa shape index (κ2) is 8.60. The number of carbonyl (C=O) groups is 4. The van der Waals surface area contributed by atoms with E-state index in [9.17, 15) is 24.3 Å². The average molecular weight is 348 g/mol. The lowest BCUT2D eigenvalue weighted by molar-refractivity contribution is -0.296. The van der Waals surface area contributed by atoms with Gasteiger partial charge in [-0.15, -0.1) is 0 Å². The zero-order chi connectivity index (χ0) is 18.4. The molecule has 1 rings (SSSR count). The van der Waals surface area contributed by atoms with Crippen LogP contribution in [0.2, 0.25) is 0 Å². The van der Waals surface area contributed by atoms with Crippen molar-refractivity contribution in [1.29, 1.82) is 0 Å². The van der Waals surface area contributed by atoms with E-state index < -0.39 is 54.6 Å². The molecule has 1 aliphatic heterocycles. The molecular weight excluding hydrogens is 328 g/mol. The molecule has 0 radical (unpaired) electrons. The van der Waals surface area contributed by atoms with E-state index in [4.69, 9.17) is 23.7 Å². The van der Waals surface area contributed by atoms with Gasteiger partial charge in [-0.05, 0) is 0 Å². The molecule has 10 heteroatoms. The Labute approximate surface area is 137 Å². The van der Waals surface area contributed by atoms with Gasteiger partial charge in [0, 0.05) is 27.7 Å². The second-order valence-electron chi connectivity index (χ2n) is 5.09. The summed E-state index contributed by atoms with van der Waals surface area (Å²) in [5.41, 5.74) is 0. The first-order valence-corrected chi connectivity index (χ1v) is 7.10. The molecule has 0 aliphatic carbocycles. The minimum atomic E-state index is -1.68. The van der Waals surface area contributed by atoms with Crippen LogP contribution in [0.5, 0.6) is 0 Å². The maximum atomic E-state index is 11.3. The molecule has 10 nitrogen and oxygen atoms in total. The molecule has 1 heterocycles. The van der Waals surface area contributed by atoms with E-state index in [0.717, 1.165) is 27.7 Å². The molecule has 2 unspecified atom stereocenters. The fraction of sp³-hybridized carbons (Fsp3) is 0.714. The Morgan fingerprint density at radius 3 is 1.71 bits per heavy atom. The number of carbonyl (C=O) groups excluding carboxylic acids is 4. The van der Waals surface area contributed by atoms with Crippen molar-refractivity contribution in [3.63, 3.8) is 0 Å². The molecule has 0 amide bonds. The van der Waals surface area contributed by atoms with Crippen LogP contribution in [0.1, 0.15) is 27.7 Å². The lowest BCUT2D eigenvalue weighted by Crippen LogP contribution is -2.62. The molecule has 1 aliphatic rings. The maximum absolute atomic E-state index is 11.3. The first-order chi connectivity index (χ1) is 11.1. The number of aliphatic hydroxyl groups is 1. The molecule has 1 fully saturated rings. The molecule has 0 aromatic heterocycles.